The third kappa shape index (κ3) is 4.70. The topological polar surface area (TPSA) is 54.7 Å². The highest BCUT2D eigenvalue weighted by Crippen LogP contribution is 2.18. The largest absolute Gasteiger partial charge is 0.352 e. The minimum Gasteiger partial charge on any atom is -0.352 e. The Morgan fingerprint density at radius 1 is 1.40 bits per heavy atom. The predicted octanol–water partition coefficient (Wildman–Crippen LogP) is 2.34. The highest BCUT2D eigenvalue weighted by Gasteiger charge is 2.29. The van der Waals surface area contributed by atoms with E-state index >= 15 is 0 Å². The Labute approximate surface area is 165 Å². The van der Waals surface area contributed by atoms with Crippen LogP contribution in [0.1, 0.15) is 17.5 Å². The maximum absolute atomic E-state index is 14.0. The van der Waals surface area contributed by atoms with Gasteiger partial charge < -0.3 is 10.2 Å². The Bertz CT molecular complexity index is 689. The minimum absolute atomic E-state index is 0. The summed E-state index contributed by atoms with van der Waals surface area (Å²) in [5.74, 6) is 0.438. The zero-order chi connectivity index (χ0) is 16.9. The molecule has 1 saturated heterocycles. The van der Waals surface area contributed by atoms with Gasteiger partial charge in [0.1, 0.15) is 5.82 Å². The van der Waals surface area contributed by atoms with Crippen molar-refractivity contribution in [2.45, 2.75) is 19.0 Å². The summed E-state index contributed by atoms with van der Waals surface area (Å²) in [5.41, 5.74) is 0.872. The van der Waals surface area contributed by atoms with Gasteiger partial charge in [0.15, 0.2) is 5.96 Å². The number of halogens is 2. The third-order valence-corrected chi connectivity index (χ3v) is 4.66. The van der Waals surface area contributed by atoms with E-state index in [0.29, 0.717) is 23.7 Å². The van der Waals surface area contributed by atoms with Gasteiger partial charge in [-0.2, -0.15) is 5.26 Å². The molecule has 2 aliphatic rings. The number of nitrogens with zero attached hydrogens (tertiary/aromatic N) is 4. The number of likely N-dealkylation sites (tertiary alicyclic amines) is 1. The third-order valence-electron chi connectivity index (χ3n) is 4.66. The summed E-state index contributed by atoms with van der Waals surface area (Å²) < 4.78 is 14.0. The van der Waals surface area contributed by atoms with Gasteiger partial charge in [-0.15, -0.1) is 24.0 Å². The van der Waals surface area contributed by atoms with Crippen molar-refractivity contribution in [2.75, 3.05) is 33.2 Å². The highest BCUT2D eigenvalue weighted by molar-refractivity contribution is 14.0. The maximum Gasteiger partial charge on any atom is 0.193 e. The molecule has 7 heteroatoms. The van der Waals surface area contributed by atoms with Crippen molar-refractivity contribution in [1.82, 2.24) is 15.1 Å². The summed E-state index contributed by atoms with van der Waals surface area (Å²) in [4.78, 5) is 9.02. The van der Waals surface area contributed by atoms with Crippen molar-refractivity contribution in [1.29, 1.82) is 5.26 Å². The molecule has 1 aromatic carbocycles. The average molecular weight is 455 g/mol. The second-order valence-corrected chi connectivity index (χ2v) is 6.13. The monoisotopic (exact) mass is 455 g/mol. The van der Waals surface area contributed by atoms with Crippen LogP contribution in [0.5, 0.6) is 0 Å². The number of hydrogen-bond donors (Lipinski definition) is 1. The van der Waals surface area contributed by atoms with Crippen LogP contribution in [0.15, 0.2) is 35.3 Å². The standard InChI is InChI=1S/C18H22FN5.HI/c1-21-18(22-12-15-5-4-14(11-20)10-17(15)19)24-9-6-16(13-24)23-7-2-3-8-23;/h2-5,10,16H,6-9,12-13H2,1H3,(H,21,22);1H. The molecule has 1 fully saturated rings. The molecule has 1 N–H and O–H groups in total. The number of guanidine groups is 1. The van der Waals surface area contributed by atoms with Crippen molar-refractivity contribution >= 4 is 29.9 Å². The lowest BCUT2D eigenvalue weighted by Gasteiger charge is -2.25. The summed E-state index contributed by atoms with van der Waals surface area (Å²) >= 11 is 0. The number of benzene rings is 1. The SMILES string of the molecule is CN=C(NCc1ccc(C#N)cc1F)N1CCC(N2CC=CC2)C1.I. The van der Waals surface area contributed by atoms with Crippen LogP contribution in [-0.4, -0.2) is 55.0 Å². The molecule has 134 valence electrons. The Morgan fingerprint density at radius 2 is 2.16 bits per heavy atom. The quantitative estimate of drug-likeness (QED) is 0.329. The summed E-state index contributed by atoms with van der Waals surface area (Å²) in [6.07, 6.45) is 5.54. The zero-order valence-corrected chi connectivity index (χ0v) is 16.6. The van der Waals surface area contributed by atoms with Crippen LogP contribution in [0.2, 0.25) is 0 Å². The van der Waals surface area contributed by atoms with Crippen molar-refractivity contribution < 1.29 is 4.39 Å². The molecule has 0 aliphatic carbocycles. The van der Waals surface area contributed by atoms with E-state index < -0.39 is 0 Å². The van der Waals surface area contributed by atoms with E-state index in [0.717, 1.165) is 38.6 Å². The molecule has 0 spiro atoms. The molecule has 1 atom stereocenters. The molecule has 2 heterocycles. The van der Waals surface area contributed by atoms with E-state index in [9.17, 15) is 4.39 Å². The van der Waals surface area contributed by atoms with Crippen molar-refractivity contribution in [2.24, 2.45) is 4.99 Å². The Hall–Kier alpha value is -1.66. The fourth-order valence-electron chi connectivity index (χ4n) is 3.29. The molecule has 1 aromatic rings. The summed E-state index contributed by atoms with van der Waals surface area (Å²) in [6.45, 7) is 4.31. The van der Waals surface area contributed by atoms with Crippen molar-refractivity contribution in [3.05, 3.63) is 47.3 Å². The fraction of sp³-hybridized carbons (Fsp3) is 0.444. The first-order valence-corrected chi connectivity index (χ1v) is 8.24. The Morgan fingerprint density at radius 3 is 2.80 bits per heavy atom. The van der Waals surface area contributed by atoms with Crippen LogP contribution in [0.4, 0.5) is 4.39 Å². The van der Waals surface area contributed by atoms with Gasteiger partial charge in [-0.3, -0.25) is 9.89 Å². The molecule has 25 heavy (non-hydrogen) atoms. The van der Waals surface area contributed by atoms with E-state index in [2.05, 4.69) is 32.3 Å². The Kier molecular flexibility index (Phi) is 7.20. The van der Waals surface area contributed by atoms with Gasteiger partial charge in [-0.05, 0) is 18.6 Å². The molecule has 3 rings (SSSR count). The van der Waals surface area contributed by atoms with E-state index in [1.54, 1.807) is 19.2 Å². The summed E-state index contributed by atoms with van der Waals surface area (Å²) in [6, 6.07) is 7.05. The van der Waals surface area contributed by atoms with Crippen LogP contribution in [-0.2, 0) is 6.54 Å². The van der Waals surface area contributed by atoms with Gasteiger partial charge in [0.2, 0.25) is 0 Å². The molecule has 1 unspecified atom stereocenters. The van der Waals surface area contributed by atoms with Gasteiger partial charge in [0.05, 0.1) is 11.6 Å². The lowest BCUT2D eigenvalue weighted by molar-refractivity contribution is 0.259. The van der Waals surface area contributed by atoms with Crippen LogP contribution in [0.25, 0.3) is 0 Å². The van der Waals surface area contributed by atoms with Gasteiger partial charge in [0.25, 0.3) is 0 Å². The highest BCUT2D eigenvalue weighted by atomic mass is 127. The smallest absolute Gasteiger partial charge is 0.193 e. The zero-order valence-electron chi connectivity index (χ0n) is 14.3. The lowest BCUT2D eigenvalue weighted by Crippen LogP contribution is -2.42. The van der Waals surface area contributed by atoms with Crippen LogP contribution in [0, 0.1) is 17.1 Å². The van der Waals surface area contributed by atoms with Crippen molar-refractivity contribution in [3.63, 3.8) is 0 Å². The van der Waals surface area contributed by atoms with E-state index in [1.165, 1.54) is 6.07 Å². The van der Waals surface area contributed by atoms with Gasteiger partial charge in [-0.25, -0.2) is 4.39 Å². The lowest BCUT2D eigenvalue weighted by atomic mass is 10.1. The molecule has 0 amide bonds. The second-order valence-electron chi connectivity index (χ2n) is 6.13. The minimum atomic E-state index is -0.362. The van der Waals surface area contributed by atoms with Crippen molar-refractivity contribution in [3.8, 4) is 6.07 Å². The molecule has 0 bridgehead atoms. The first-order chi connectivity index (χ1) is 11.7. The first kappa shape index (κ1) is 19.7. The normalized spacial score (nSPS) is 20.4. The predicted molar refractivity (Wildman–Crippen MR) is 107 cm³/mol. The molecular weight excluding hydrogens is 432 g/mol. The van der Waals surface area contributed by atoms with Gasteiger partial charge >= 0.3 is 0 Å². The van der Waals surface area contributed by atoms with Gasteiger partial charge in [0, 0.05) is 51.4 Å². The molecule has 5 nitrogen and oxygen atoms in total. The number of nitrogens with one attached hydrogen (secondary N) is 1. The number of nitriles is 1. The molecule has 0 radical (unpaired) electrons. The maximum atomic E-state index is 14.0. The molecular formula is C18H23FIN5. The first-order valence-electron chi connectivity index (χ1n) is 8.24. The van der Waals surface area contributed by atoms with Crippen LogP contribution in [0.3, 0.4) is 0 Å². The molecule has 0 saturated carbocycles. The van der Waals surface area contributed by atoms with Crippen LogP contribution < -0.4 is 5.32 Å². The van der Waals surface area contributed by atoms with Gasteiger partial charge in [-0.1, -0.05) is 18.2 Å². The number of hydrogen-bond acceptors (Lipinski definition) is 3. The molecule has 0 aromatic heterocycles. The summed E-state index contributed by atoms with van der Waals surface area (Å²) in [7, 11) is 1.75. The Balaban J connectivity index is 0.00000225. The van der Waals surface area contributed by atoms with E-state index in [-0.39, 0.29) is 29.8 Å². The summed E-state index contributed by atoms with van der Waals surface area (Å²) in [5, 5.41) is 12.0. The number of rotatable bonds is 3. The van der Waals surface area contributed by atoms with Crippen LogP contribution >= 0.6 is 24.0 Å². The van der Waals surface area contributed by atoms with E-state index in [1.807, 2.05) is 6.07 Å². The fourth-order valence-corrected chi connectivity index (χ4v) is 3.29. The number of aliphatic imine (C=N–C) groups is 1. The van der Waals surface area contributed by atoms with E-state index in [4.69, 9.17) is 5.26 Å². The average Bonchev–Trinajstić information content (AvgIpc) is 3.27. The molecule has 2 aliphatic heterocycles. The second kappa shape index (κ2) is 9.15.